The number of carbonyl (C=O) groups is 1. The molecular weight excluding hydrogens is 220 g/mol. The fraction of sp³-hybridized carbons (Fsp3) is 0.273. The molecule has 1 heterocycles. The van der Waals surface area contributed by atoms with Crippen molar-refractivity contribution in [1.82, 2.24) is 20.2 Å². The molecule has 0 radical (unpaired) electrons. The molecule has 0 spiro atoms. The van der Waals surface area contributed by atoms with Crippen LogP contribution in [0.1, 0.15) is 17.3 Å². The van der Waals surface area contributed by atoms with Crippen molar-refractivity contribution >= 4 is 6.29 Å². The number of nitrogens with zero attached hydrogens (tertiary/aromatic N) is 4. The Kier molecular flexibility index (Phi) is 3.13. The van der Waals surface area contributed by atoms with Crippen LogP contribution in [0, 0.1) is 0 Å². The molecule has 1 aromatic carbocycles. The first-order valence-electron chi connectivity index (χ1n) is 5.20. The Morgan fingerprint density at radius 2 is 2.29 bits per heavy atom. The molecule has 0 bridgehead atoms. The fourth-order valence-corrected chi connectivity index (χ4v) is 1.59. The molecule has 6 heteroatoms. The van der Waals surface area contributed by atoms with Crippen molar-refractivity contribution in [3.05, 3.63) is 23.8 Å². The zero-order chi connectivity index (χ0) is 12.3. The highest BCUT2D eigenvalue weighted by molar-refractivity contribution is 5.82. The van der Waals surface area contributed by atoms with Crippen LogP contribution < -0.4 is 4.74 Å². The van der Waals surface area contributed by atoms with Gasteiger partial charge in [-0.15, -0.1) is 5.10 Å². The Labute approximate surface area is 98.2 Å². The Morgan fingerprint density at radius 1 is 1.47 bits per heavy atom. The monoisotopic (exact) mass is 232 g/mol. The number of hydrogen-bond donors (Lipinski definition) is 0. The molecule has 0 aliphatic rings. The van der Waals surface area contributed by atoms with Gasteiger partial charge in [0.15, 0.2) is 12.1 Å². The van der Waals surface area contributed by atoms with Gasteiger partial charge in [-0.1, -0.05) is 0 Å². The van der Waals surface area contributed by atoms with Gasteiger partial charge in [-0.25, -0.2) is 4.68 Å². The van der Waals surface area contributed by atoms with E-state index in [4.69, 9.17) is 4.74 Å². The minimum Gasteiger partial charge on any atom is -0.496 e. The Hall–Kier alpha value is -2.24. The van der Waals surface area contributed by atoms with Crippen LogP contribution in [0.25, 0.3) is 11.4 Å². The van der Waals surface area contributed by atoms with Gasteiger partial charge in [0.05, 0.1) is 12.7 Å². The van der Waals surface area contributed by atoms with Crippen LogP contribution >= 0.6 is 0 Å². The van der Waals surface area contributed by atoms with Crippen molar-refractivity contribution in [3.63, 3.8) is 0 Å². The molecule has 17 heavy (non-hydrogen) atoms. The number of rotatable bonds is 4. The third kappa shape index (κ3) is 2.01. The zero-order valence-corrected chi connectivity index (χ0v) is 9.62. The second-order valence-electron chi connectivity index (χ2n) is 3.39. The standard InChI is InChI=1S/C11H12N4O2/c1-3-15-11(12-13-14-15)8-4-5-10(17-2)9(6-8)7-16/h4-7H,3H2,1-2H3. The molecule has 88 valence electrons. The summed E-state index contributed by atoms with van der Waals surface area (Å²) < 4.78 is 6.74. The number of tetrazole rings is 1. The summed E-state index contributed by atoms with van der Waals surface area (Å²) in [6.45, 7) is 2.62. The number of aryl methyl sites for hydroxylation is 1. The lowest BCUT2D eigenvalue weighted by molar-refractivity contribution is 0.112. The van der Waals surface area contributed by atoms with Gasteiger partial charge in [0.2, 0.25) is 0 Å². The maximum Gasteiger partial charge on any atom is 0.182 e. The van der Waals surface area contributed by atoms with E-state index in [1.54, 1.807) is 16.8 Å². The van der Waals surface area contributed by atoms with Gasteiger partial charge in [-0.3, -0.25) is 4.79 Å². The van der Waals surface area contributed by atoms with Crippen molar-refractivity contribution < 1.29 is 9.53 Å². The van der Waals surface area contributed by atoms with Gasteiger partial charge < -0.3 is 4.74 Å². The Balaban J connectivity index is 2.50. The van der Waals surface area contributed by atoms with Crippen LogP contribution in [0.3, 0.4) is 0 Å². The molecule has 0 aliphatic heterocycles. The highest BCUT2D eigenvalue weighted by Crippen LogP contribution is 2.23. The predicted molar refractivity (Wildman–Crippen MR) is 60.9 cm³/mol. The van der Waals surface area contributed by atoms with Gasteiger partial charge in [-0.05, 0) is 35.5 Å². The van der Waals surface area contributed by atoms with E-state index in [-0.39, 0.29) is 0 Å². The molecule has 0 atom stereocenters. The molecule has 0 saturated heterocycles. The summed E-state index contributed by atoms with van der Waals surface area (Å²) in [6.07, 6.45) is 0.752. The van der Waals surface area contributed by atoms with Crippen molar-refractivity contribution in [2.75, 3.05) is 7.11 Å². The van der Waals surface area contributed by atoms with E-state index in [2.05, 4.69) is 15.5 Å². The third-order valence-electron chi connectivity index (χ3n) is 2.45. The molecule has 0 unspecified atom stereocenters. The maximum atomic E-state index is 10.9. The zero-order valence-electron chi connectivity index (χ0n) is 9.62. The van der Waals surface area contributed by atoms with Gasteiger partial charge in [0.1, 0.15) is 5.75 Å². The Morgan fingerprint density at radius 3 is 2.94 bits per heavy atom. The molecule has 1 aromatic heterocycles. The maximum absolute atomic E-state index is 10.9. The van der Waals surface area contributed by atoms with E-state index in [1.165, 1.54) is 7.11 Å². The Bertz CT molecular complexity index is 536. The van der Waals surface area contributed by atoms with Crippen molar-refractivity contribution in [1.29, 1.82) is 0 Å². The van der Waals surface area contributed by atoms with Crippen LogP contribution in [0.15, 0.2) is 18.2 Å². The van der Waals surface area contributed by atoms with Gasteiger partial charge in [-0.2, -0.15) is 0 Å². The lowest BCUT2D eigenvalue weighted by atomic mass is 10.1. The summed E-state index contributed by atoms with van der Waals surface area (Å²) >= 11 is 0. The molecule has 0 aliphatic carbocycles. The number of aldehydes is 1. The number of aromatic nitrogens is 4. The summed E-state index contributed by atoms with van der Waals surface area (Å²) in [5.41, 5.74) is 1.27. The SMILES string of the molecule is CCn1nnnc1-c1ccc(OC)c(C=O)c1. The number of methoxy groups -OCH3 is 1. The molecule has 6 nitrogen and oxygen atoms in total. The highest BCUT2D eigenvalue weighted by atomic mass is 16.5. The van der Waals surface area contributed by atoms with E-state index in [0.717, 1.165) is 11.8 Å². The largest absolute Gasteiger partial charge is 0.496 e. The smallest absolute Gasteiger partial charge is 0.182 e. The molecule has 0 saturated carbocycles. The van der Waals surface area contributed by atoms with Crippen LogP contribution in [0.4, 0.5) is 0 Å². The second kappa shape index (κ2) is 4.73. The summed E-state index contributed by atoms with van der Waals surface area (Å²) in [5, 5.41) is 11.4. The lowest BCUT2D eigenvalue weighted by Crippen LogP contribution is -2.00. The minimum atomic E-state index is 0.482. The highest BCUT2D eigenvalue weighted by Gasteiger charge is 2.10. The third-order valence-corrected chi connectivity index (χ3v) is 2.45. The first-order valence-corrected chi connectivity index (χ1v) is 5.20. The van der Waals surface area contributed by atoms with E-state index in [1.807, 2.05) is 13.0 Å². The second-order valence-corrected chi connectivity index (χ2v) is 3.39. The number of hydrogen-bond acceptors (Lipinski definition) is 5. The quantitative estimate of drug-likeness (QED) is 0.740. The topological polar surface area (TPSA) is 69.9 Å². The van der Waals surface area contributed by atoms with Gasteiger partial charge in [0, 0.05) is 12.1 Å². The molecule has 0 fully saturated rings. The molecule has 0 N–H and O–H groups in total. The van der Waals surface area contributed by atoms with Gasteiger partial charge in [0.25, 0.3) is 0 Å². The summed E-state index contributed by atoms with van der Waals surface area (Å²) in [4.78, 5) is 10.9. The van der Waals surface area contributed by atoms with Crippen molar-refractivity contribution in [2.24, 2.45) is 0 Å². The van der Waals surface area contributed by atoms with Gasteiger partial charge >= 0.3 is 0 Å². The number of benzene rings is 1. The van der Waals surface area contributed by atoms with E-state index < -0.39 is 0 Å². The van der Waals surface area contributed by atoms with Crippen LogP contribution in [0.5, 0.6) is 5.75 Å². The predicted octanol–water partition coefficient (Wildman–Crippen LogP) is 1.18. The first-order chi connectivity index (χ1) is 8.30. The van der Waals surface area contributed by atoms with Crippen molar-refractivity contribution in [3.8, 4) is 17.1 Å². The normalized spacial score (nSPS) is 10.2. The number of carbonyl (C=O) groups excluding carboxylic acids is 1. The minimum absolute atomic E-state index is 0.482. The van der Waals surface area contributed by atoms with E-state index >= 15 is 0 Å². The molecular formula is C11H12N4O2. The van der Waals surface area contributed by atoms with Crippen LogP contribution in [-0.2, 0) is 6.54 Å². The van der Waals surface area contributed by atoms with E-state index in [9.17, 15) is 4.79 Å². The summed E-state index contributed by atoms with van der Waals surface area (Å²) in [5.74, 6) is 1.18. The molecule has 2 rings (SSSR count). The summed E-state index contributed by atoms with van der Waals surface area (Å²) in [6, 6.07) is 5.26. The summed E-state index contributed by atoms with van der Waals surface area (Å²) in [7, 11) is 1.53. The van der Waals surface area contributed by atoms with Crippen molar-refractivity contribution in [2.45, 2.75) is 13.5 Å². The lowest BCUT2D eigenvalue weighted by Gasteiger charge is -2.06. The fourth-order valence-electron chi connectivity index (χ4n) is 1.59. The molecule has 2 aromatic rings. The van der Waals surface area contributed by atoms with Crippen LogP contribution in [0.2, 0.25) is 0 Å². The van der Waals surface area contributed by atoms with Crippen LogP contribution in [-0.4, -0.2) is 33.6 Å². The molecule has 0 amide bonds. The van der Waals surface area contributed by atoms with E-state index in [0.29, 0.717) is 23.7 Å². The average molecular weight is 232 g/mol. The average Bonchev–Trinajstić information content (AvgIpc) is 2.86. The number of ether oxygens (including phenoxy) is 1. The first kappa shape index (κ1) is 11.3.